The highest BCUT2D eigenvalue weighted by molar-refractivity contribution is 5.98. The molecule has 2 aromatic rings. The lowest BCUT2D eigenvalue weighted by atomic mass is 9.94. The van der Waals surface area contributed by atoms with Gasteiger partial charge in [0.15, 0.2) is 0 Å². The van der Waals surface area contributed by atoms with Crippen molar-refractivity contribution in [1.82, 2.24) is 10.9 Å². The Morgan fingerprint density at radius 3 is 2.72 bits per heavy atom. The van der Waals surface area contributed by atoms with Crippen LogP contribution >= 0.6 is 0 Å². The van der Waals surface area contributed by atoms with Gasteiger partial charge in [-0.25, -0.2) is 9.82 Å². The van der Waals surface area contributed by atoms with Crippen LogP contribution in [-0.2, 0) is 9.59 Å². The minimum absolute atomic E-state index is 0.0744. The molecule has 0 bridgehead atoms. The van der Waals surface area contributed by atoms with E-state index >= 15 is 0 Å². The van der Waals surface area contributed by atoms with Crippen molar-refractivity contribution in [3.05, 3.63) is 53.8 Å². The second-order valence-corrected chi connectivity index (χ2v) is 7.19. The smallest absolute Gasteiger partial charge is 0.230 e. The Hall–Kier alpha value is -2.97. The number of ether oxygens (including phenoxy) is 1. The van der Waals surface area contributed by atoms with Gasteiger partial charge in [-0.15, -0.1) is 0 Å². The highest BCUT2D eigenvalue weighted by atomic mass is 19.1. The maximum Gasteiger partial charge on any atom is 0.230 e. The number of benzene rings is 2. The normalized spacial score (nSPS) is 21.4. The number of carbonyl (C=O) groups is 2. The summed E-state index contributed by atoms with van der Waals surface area (Å²) >= 11 is 0. The number of hydrogen-bond acceptors (Lipinski definition) is 5. The third-order valence-electron chi connectivity index (χ3n) is 5.36. The number of nitrogens with one attached hydrogen (secondary N) is 3. The van der Waals surface area contributed by atoms with Gasteiger partial charge in [0, 0.05) is 31.3 Å². The third kappa shape index (κ3) is 3.94. The predicted octanol–water partition coefficient (Wildman–Crippen LogP) is 2.36. The van der Waals surface area contributed by atoms with Gasteiger partial charge in [0.1, 0.15) is 11.6 Å². The molecular weight excluding hydrogens is 375 g/mol. The van der Waals surface area contributed by atoms with Crippen LogP contribution in [0, 0.1) is 11.7 Å². The molecule has 4 rings (SSSR count). The highest BCUT2D eigenvalue weighted by Gasteiger charge is 2.34. The van der Waals surface area contributed by atoms with Crippen molar-refractivity contribution in [1.29, 1.82) is 0 Å². The van der Waals surface area contributed by atoms with Crippen molar-refractivity contribution in [3.63, 3.8) is 0 Å². The molecule has 2 aromatic carbocycles. The molecule has 0 aromatic heterocycles. The molecule has 2 saturated heterocycles. The molecule has 2 amide bonds. The maximum absolute atomic E-state index is 13.2. The molecule has 29 heavy (non-hydrogen) atoms. The Bertz CT molecular complexity index is 919. The van der Waals surface area contributed by atoms with Crippen molar-refractivity contribution in [2.24, 2.45) is 5.92 Å². The average molecular weight is 398 g/mol. The summed E-state index contributed by atoms with van der Waals surface area (Å²) in [5.74, 6) is -0.235. The van der Waals surface area contributed by atoms with Gasteiger partial charge in [-0.2, -0.15) is 0 Å². The first-order valence-corrected chi connectivity index (χ1v) is 9.60. The topological polar surface area (TPSA) is 82.7 Å². The Labute approximate surface area is 168 Å². The summed E-state index contributed by atoms with van der Waals surface area (Å²) in [6.45, 7) is 1.12. The number of amides is 2. The van der Waals surface area contributed by atoms with Gasteiger partial charge in [-0.1, -0.05) is 12.1 Å². The zero-order valence-corrected chi connectivity index (χ0v) is 16.1. The number of hydrazine groups is 1. The summed E-state index contributed by atoms with van der Waals surface area (Å²) in [6, 6.07) is 11.1. The largest absolute Gasteiger partial charge is 0.494 e. The molecule has 2 aliphatic rings. The van der Waals surface area contributed by atoms with Gasteiger partial charge in [0.05, 0.1) is 24.8 Å². The van der Waals surface area contributed by atoms with E-state index in [4.69, 9.17) is 4.74 Å². The van der Waals surface area contributed by atoms with Crippen LogP contribution in [0.15, 0.2) is 42.5 Å². The van der Waals surface area contributed by atoms with E-state index in [0.717, 1.165) is 12.0 Å². The molecule has 7 nitrogen and oxygen atoms in total. The van der Waals surface area contributed by atoms with E-state index in [1.165, 1.54) is 12.1 Å². The van der Waals surface area contributed by atoms with Gasteiger partial charge in [-0.05, 0) is 36.2 Å². The molecule has 2 unspecified atom stereocenters. The van der Waals surface area contributed by atoms with Gasteiger partial charge in [-0.3, -0.25) is 15.0 Å². The molecule has 2 fully saturated rings. The molecule has 0 spiro atoms. The minimum atomic E-state index is -0.369. The number of anilines is 2. The van der Waals surface area contributed by atoms with Gasteiger partial charge in [0.2, 0.25) is 11.8 Å². The van der Waals surface area contributed by atoms with Crippen LogP contribution in [-0.4, -0.2) is 32.0 Å². The van der Waals surface area contributed by atoms with E-state index in [9.17, 15) is 14.0 Å². The Morgan fingerprint density at radius 2 is 2.03 bits per heavy atom. The molecule has 8 heteroatoms. The van der Waals surface area contributed by atoms with Crippen molar-refractivity contribution in [2.45, 2.75) is 18.9 Å². The van der Waals surface area contributed by atoms with Crippen molar-refractivity contribution in [2.75, 3.05) is 30.4 Å². The maximum atomic E-state index is 13.2. The van der Waals surface area contributed by atoms with E-state index in [0.29, 0.717) is 36.6 Å². The van der Waals surface area contributed by atoms with Crippen LogP contribution < -0.4 is 25.8 Å². The van der Waals surface area contributed by atoms with E-state index < -0.39 is 0 Å². The quantitative estimate of drug-likeness (QED) is 0.720. The van der Waals surface area contributed by atoms with Gasteiger partial charge < -0.3 is 15.0 Å². The summed E-state index contributed by atoms with van der Waals surface area (Å²) in [6.07, 6.45) is 1.36. The number of carbonyl (C=O) groups excluding carboxylic acids is 2. The standard InChI is InChI=1S/C21H23FN4O3/c1-29-18-11-15(8-9-17(18)26-10-2-3-19(26)27)24-21(28)16-12-23-25-20(16)13-4-6-14(22)7-5-13/h4-9,11,16,20,23,25H,2-3,10,12H2,1H3,(H,24,28). The Kier molecular flexibility index (Phi) is 5.46. The first-order chi connectivity index (χ1) is 14.1. The molecule has 2 atom stereocenters. The Balaban J connectivity index is 1.50. The highest BCUT2D eigenvalue weighted by Crippen LogP contribution is 2.34. The third-order valence-corrected chi connectivity index (χ3v) is 5.36. The summed E-state index contributed by atoms with van der Waals surface area (Å²) in [7, 11) is 1.54. The molecule has 2 heterocycles. The zero-order chi connectivity index (χ0) is 20.4. The fourth-order valence-corrected chi connectivity index (χ4v) is 3.84. The second-order valence-electron chi connectivity index (χ2n) is 7.19. The molecule has 152 valence electrons. The lowest BCUT2D eigenvalue weighted by Gasteiger charge is -2.21. The first-order valence-electron chi connectivity index (χ1n) is 9.60. The van der Waals surface area contributed by atoms with E-state index in [1.807, 2.05) is 0 Å². The van der Waals surface area contributed by atoms with Crippen molar-refractivity contribution in [3.8, 4) is 5.75 Å². The molecule has 0 aliphatic carbocycles. The summed E-state index contributed by atoms with van der Waals surface area (Å²) in [4.78, 5) is 26.6. The van der Waals surface area contributed by atoms with Crippen LogP contribution in [0.3, 0.4) is 0 Å². The number of methoxy groups -OCH3 is 1. The fourth-order valence-electron chi connectivity index (χ4n) is 3.84. The van der Waals surface area contributed by atoms with Crippen LogP contribution in [0.4, 0.5) is 15.8 Å². The fraction of sp³-hybridized carbons (Fsp3) is 0.333. The lowest BCUT2D eigenvalue weighted by molar-refractivity contribution is -0.120. The monoisotopic (exact) mass is 398 g/mol. The number of rotatable bonds is 5. The van der Waals surface area contributed by atoms with E-state index in [2.05, 4.69) is 16.2 Å². The van der Waals surface area contributed by atoms with Gasteiger partial charge >= 0.3 is 0 Å². The lowest BCUT2D eigenvalue weighted by Crippen LogP contribution is -2.29. The average Bonchev–Trinajstić information content (AvgIpc) is 3.38. The first kappa shape index (κ1) is 19.4. The molecule has 2 aliphatic heterocycles. The van der Waals surface area contributed by atoms with Crippen molar-refractivity contribution >= 4 is 23.2 Å². The predicted molar refractivity (Wildman–Crippen MR) is 107 cm³/mol. The van der Waals surface area contributed by atoms with E-state index in [-0.39, 0.29) is 29.6 Å². The van der Waals surface area contributed by atoms with Crippen LogP contribution in [0.1, 0.15) is 24.4 Å². The summed E-state index contributed by atoms with van der Waals surface area (Å²) in [5, 5.41) is 2.92. The number of halogens is 1. The minimum Gasteiger partial charge on any atom is -0.494 e. The number of nitrogens with zero attached hydrogens (tertiary/aromatic N) is 1. The molecule has 0 saturated carbocycles. The number of hydrogen-bond donors (Lipinski definition) is 3. The SMILES string of the molecule is COc1cc(NC(=O)C2CNNC2c2ccc(F)cc2)ccc1N1CCCC1=O. The van der Waals surface area contributed by atoms with Gasteiger partial charge in [0.25, 0.3) is 0 Å². The van der Waals surface area contributed by atoms with Crippen molar-refractivity contribution < 1.29 is 18.7 Å². The zero-order valence-electron chi connectivity index (χ0n) is 16.1. The van der Waals surface area contributed by atoms with E-state index in [1.54, 1.807) is 42.3 Å². The summed E-state index contributed by atoms with van der Waals surface area (Å²) in [5.41, 5.74) is 8.21. The summed E-state index contributed by atoms with van der Waals surface area (Å²) < 4.78 is 18.7. The Morgan fingerprint density at radius 1 is 1.24 bits per heavy atom. The van der Waals surface area contributed by atoms with Crippen LogP contribution in [0.5, 0.6) is 5.75 Å². The van der Waals surface area contributed by atoms with Crippen LogP contribution in [0.2, 0.25) is 0 Å². The van der Waals surface area contributed by atoms with Crippen LogP contribution in [0.25, 0.3) is 0 Å². The molecule has 0 radical (unpaired) electrons. The molecule has 3 N–H and O–H groups in total. The second kappa shape index (κ2) is 8.18. The molecular formula is C21H23FN4O3.